The zero-order valence-corrected chi connectivity index (χ0v) is 15.0. The number of hydrogen-bond donors (Lipinski definition) is 1. The maximum Gasteiger partial charge on any atom is 0.256 e. The predicted molar refractivity (Wildman–Crippen MR) is 99.8 cm³/mol. The van der Waals surface area contributed by atoms with Crippen LogP contribution in [-0.4, -0.2) is 42.0 Å². The van der Waals surface area contributed by atoms with Crippen molar-refractivity contribution in [1.29, 1.82) is 0 Å². The molecule has 2 aromatic rings. The molecule has 0 unspecified atom stereocenters. The zero-order valence-electron chi connectivity index (χ0n) is 15.0. The highest BCUT2D eigenvalue weighted by molar-refractivity contribution is 6.10. The lowest BCUT2D eigenvalue weighted by Gasteiger charge is -2.20. The Kier molecular flexibility index (Phi) is 4.68. The summed E-state index contributed by atoms with van der Waals surface area (Å²) in [5.74, 6) is -2.00. The molecule has 0 saturated carbocycles. The highest BCUT2D eigenvalue weighted by atomic mass is 19.1. The fourth-order valence-corrected chi connectivity index (χ4v) is 3.69. The fourth-order valence-electron chi connectivity index (χ4n) is 3.69. The predicted octanol–water partition coefficient (Wildman–Crippen LogP) is 3.37. The van der Waals surface area contributed by atoms with E-state index in [9.17, 15) is 18.4 Å². The van der Waals surface area contributed by atoms with Gasteiger partial charge in [0, 0.05) is 24.6 Å². The number of carbonyl (C=O) groups is 2. The van der Waals surface area contributed by atoms with Gasteiger partial charge in [-0.05, 0) is 29.8 Å². The molecule has 0 bridgehead atoms. The van der Waals surface area contributed by atoms with Crippen LogP contribution in [0.5, 0.6) is 0 Å². The molecule has 0 aliphatic carbocycles. The maximum absolute atomic E-state index is 14.2. The summed E-state index contributed by atoms with van der Waals surface area (Å²) in [6, 6.07) is 7.33. The van der Waals surface area contributed by atoms with Crippen LogP contribution < -0.4 is 5.32 Å². The standard InChI is InChI=1S/C21H18F2N2O3/c1-2-7-28-14-10-19-20(26)24-18-6-3-12(8-16(18)21(27)25(19)11-14)15-5-4-13(22)9-17(15)23/h2-6,8-9,14,19H,1,7,10-11H2,(H,24,26)/t14-,19+/m0/s1. The van der Waals surface area contributed by atoms with E-state index < -0.39 is 17.7 Å². The van der Waals surface area contributed by atoms with E-state index in [4.69, 9.17) is 4.74 Å². The van der Waals surface area contributed by atoms with E-state index in [0.717, 1.165) is 12.1 Å². The van der Waals surface area contributed by atoms with Gasteiger partial charge in [-0.25, -0.2) is 8.78 Å². The van der Waals surface area contributed by atoms with Crippen LogP contribution in [0.15, 0.2) is 49.1 Å². The minimum Gasteiger partial charge on any atom is -0.372 e. The molecule has 1 saturated heterocycles. The lowest BCUT2D eigenvalue weighted by Crippen LogP contribution is -2.40. The largest absolute Gasteiger partial charge is 0.372 e. The number of nitrogens with zero attached hydrogens (tertiary/aromatic N) is 1. The van der Waals surface area contributed by atoms with E-state index in [0.29, 0.717) is 30.8 Å². The van der Waals surface area contributed by atoms with Crippen molar-refractivity contribution in [2.75, 3.05) is 18.5 Å². The summed E-state index contributed by atoms with van der Waals surface area (Å²) in [6.07, 6.45) is 1.76. The second-order valence-corrected chi connectivity index (χ2v) is 6.83. The molecule has 0 spiro atoms. The Hall–Kier alpha value is -3.06. The normalized spacial score (nSPS) is 21.0. The Morgan fingerprint density at radius 2 is 2.00 bits per heavy atom. The number of halogens is 2. The minimum absolute atomic E-state index is 0.178. The number of amides is 2. The third kappa shape index (κ3) is 3.18. The summed E-state index contributed by atoms with van der Waals surface area (Å²) in [5, 5.41) is 2.77. The molecule has 0 radical (unpaired) electrons. The van der Waals surface area contributed by atoms with Gasteiger partial charge in [-0.15, -0.1) is 6.58 Å². The summed E-state index contributed by atoms with van der Waals surface area (Å²) in [4.78, 5) is 27.2. The highest BCUT2D eigenvalue weighted by Gasteiger charge is 2.43. The highest BCUT2D eigenvalue weighted by Crippen LogP contribution is 2.33. The molecular formula is C21H18F2N2O3. The molecule has 0 aromatic heterocycles. The van der Waals surface area contributed by atoms with Crippen molar-refractivity contribution in [3.63, 3.8) is 0 Å². The van der Waals surface area contributed by atoms with Crippen molar-refractivity contribution in [2.45, 2.75) is 18.6 Å². The number of carbonyl (C=O) groups excluding carboxylic acids is 2. The minimum atomic E-state index is -0.720. The van der Waals surface area contributed by atoms with Crippen molar-refractivity contribution in [1.82, 2.24) is 4.90 Å². The Morgan fingerprint density at radius 3 is 2.75 bits per heavy atom. The Morgan fingerprint density at radius 1 is 1.18 bits per heavy atom. The lowest BCUT2D eigenvalue weighted by atomic mass is 10.0. The van der Waals surface area contributed by atoms with Crippen LogP contribution in [0.2, 0.25) is 0 Å². The van der Waals surface area contributed by atoms with Crippen molar-refractivity contribution in [3.05, 3.63) is 66.3 Å². The lowest BCUT2D eigenvalue weighted by molar-refractivity contribution is -0.119. The van der Waals surface area contributed by atoms with Gasteiger partial charge >= 0.3 is 0 Å². The van der Waals surface area contributed by atoms with Crippen LogP contribution >= 0.6 is 0 Å². The van der Waals surface area contributed by atoms with Gasteiger partial charge in [0.05, 0.1) is 24.0 Å². The first-order valence-corrected chi connectivity index (χ1v) is 8.91. The Bertz CT molecular complexity index is 976. The Balaban J connectivity index is 1.70. The molecule has 2 heterocycles. The van der Waals surface area contributed by atoms with Gasteiger partial charge in [-0.1, -0.05) is 12.1 Å². The maximum atomic E-state index is 14.2. The van der Waals surface area contributed by atoms with E-state index in [2.05, 4.69) is 11.9 Å². The smallest absolute Gasteiger partial charge is 0.256 e. The van der Waals surface area contributed by atoms with E-state index in [1.165, 1.54) is 17.0 Å². The molecule has 144 valence electrons. The van der Waals surface area contributed by atoms with Crippen LogP contribution in [0.25, 0.3) is 11.1 Å². The monoisotopic (exact) mass is 384 g/mol. The SMILES string of the molecule is C=CCO[C@H]1C[C@@H]2C(=O)Nc3ccc(-c4ccc(F)cc4F)cc3C(=O)N2C1. The number of fused-ring (bicyclic) bond motifs is 2. The molecule has 2 aromatic carbocycles. The molecule has 2 aliphatic heterocycles. The average Bonchev–Trinajstić information content (AvgIpc) is 3.07. The van der Waals surface area contributed by atoms with Gasteiger partial charge in [0.25, 0.3) is 5.91 Å². The molecule has 2 amide bonds. The molecule has 4 rings (SSSR count). The number of rotatable bonds is 4. The van der Waals surface area contributed by atoms with Gasteiger partial charge in [0.1, 0.15) is 17.7 Å². The zero-order chi connectivity index (χ0) is 19.8. The quantitative estimate of drug-likeness (QED) is 0.823. The summed E-state index contributed by atoms with van der Waals surface area (Å²) >= 11 is 0. The third-order valence-electron chi connectivity index (χ3n) is 5.03. The second kappa shape index (κ2) is 7.16. The van der Waals surface area contributed by atoms with Gasteiger partial charge in [-0.3, -0.25) is 9.59 Å². The fraction of sp³-hybridized carbons (Fsp3) is 0.238. The summed E-state index contributed by atoms with van der Waals surface area (Å²) in [7, 11) is 0. The van der Waals surface area contributed by atoms with Crippen LogP contribution in [0.3, 0.4) is 0 Å². The molecular weight excluding hydrogens is 366 g/mol. The third-order valence-corrected chi connectivity index (χ3v) is 5.03. The van der Waals surface area contributed by atoms with E-state index in [1.807, 2.05) is 0 Å². The summed E-state index contributed by atoms with van der Waals surface area (Å²) in [6.45, 7) is 4.23. The number of hydrogen-bond acceptors (Lipinski definition) is 3. The van der Waals surface area contributed by atoms with Crippen molar-refractivity contribution >= 4 is 17.5 Å². The number of ether oxygens (including phenoxy) is 1. The van der Waals surface area contributed by atoms with Crippen molar-refractivity contribution < 1.29 is 23.1 Å². The van der Waals surface area contributed by atoms with Crippen molar-refractivity contribution in [2.24, 2.45) is 0 Å². The van der Waals surface area contributed by atoms with E-state index >= 15 is 0 Å². The molecule has 7 heteroatoms. The van der Waals surface area contributed by atoms with Crippen LogP contribution in [0.1, 0.15) is 16.8 Å². The molecule has 1 fully saturated rings. The molecule has 28 heavy (non-hydrogen) atoms. The molecule has 1 N–H and O–H groups in total. The molecule has 5 nitrogen and oxygen atoms in total. The second-order valence-electron chi connectivity index (χ2n) is 6.83. The first-order chi connectivity index (χ1) is 13.5. The van der Waals surface area contributed by atoms with Gasteiger partial charge in [-0.2, -0.15) is 0 Å². The van der Waals surface area contributed by atoms with Crippen LogP contribution in [0.4, 0.5) is 14.5 Å². The van der Waals surface area contributed by atoms with Crippen LogP contribution in [-0.2, 0) is 9.53 Å². The summed E-state index contributed by atoms with van der Waals surface area (Å²) in [5.41, 5.74) is 1.24. The molecule has 2 atom stereocenters. The van der Waals surface area contributed by atoms with Crippen LogP contribution in [0, 0.1) is 11.6 Å². The molecule has 2 aliphatic rings. The van der Waals surface area contributed by atoms with E-state index in [1.54, 1.807) is 18.2 Å². The van der Waals surface area contributed by atoms with E-state index in [-0.39, 0.29) is 29.0 Å². The van der Waals surface area contributed by atoms with Gasteiger partial charge < -0.3 is 15.0 Å². The topological polar surface area (TPSA) is 58.6 Å². The number of benzene rings is 2. The first-order valence-electron chi connectivity index (χ1n) is 8.91. The van der Waals surface area contributed by atoms with Crippen molar-refractivity contribution in [3.8, 4) is 11.1 Å². The van der Waals surface area contributed by atoms with Gasteiger partial charge in [0.2, 0.25) is 5.91 Å². The Labute approximate surface area is 160 Å². The first kappa shape index (κ1) is 18.3. The number of anilines is 1. The average molecular weight is 384 g/mol. The van der Waals surface area contributed by atoms with Gasteiger partial charge in [0.15, 0.2) is 0 Å². The number of nitrogens with one attached hydrogen (secondary N) is 1. The summed E-state index contributed by atoms with van der Waals surface area (Å²) < 4.78 is 33.0.